The normalized spacial score (nSPS) is 10.9. The summed E-state index contributed by atoms with van der Waals surface area (Å²) >= 11 is 0. The number of fused-ring (bicyclic) bond motifs is 1. The first-order chi connectivity index (χ1) is 10.3. The molecule has 0 amide bonds. The van der Waals surface area contributed by atoms with E-state index in [9.17, 15) is 0 Å². The molecule has 1 N–H and O–H groups in total. The standard InChI is InChI=1S/C18H19N3/c1-14-12-16(17-4-2-3-5-18(17)21-14)13-20-11-8-15-6-9-19-10-7-15/h2-7,9-10,12,20H,8,11,13H2,1H3. The Morgan fingerprint density at radius 3 is 2.71 bits per heavy atom. The molecule has 1 aromatic carbocycles. The van der Waals surface area contributed by atoms with Gasteiger partial charge in [0.25, 0.3) is 0 Å². The second-order valence-corrected chi connectivity index (χ2v) is 5.22. The van der Waals surface area contributed by atoms with E-state index in [-0.39, 0.29) is 0 Å². The maximum Gasteiger partial charge on any atom is 0.0708 e. The summed E-state index contributed by atoms with van der Waals surface area (Å²) in [5, 5.41) is 4.76. The Balaban J connectivity index is 1.65. The summed E-state index contributed by atoms with van der Waals surface area (Å²) in [6.07, 6.45) is 4.70. The van der Waals surface area contributed by atoms with Gasteiger partial charge in [-0.25, -0.2) is 0 Å². The van der Waals surface area contributed by atoms with Crippen molar-refractivity contribution in [2.45, 2.75) is 19.9 Å². The smallest absolute Gasteiger partial charge is 0.0708 e. The molecule has 3 heteroatoms. The van der Waals surface area contributed by atoms with Crippen molar-refractivity contribution in [1.29, 1.82) is 0 Å². The summed E-state index contributed by atoms with van der Waals surface area (Å²) in [4.78, 5) is 8.62. The first-order valence-corrected chi connectivity index (χ1v) is 7.28. The van der Waals surface area contributed by atoms with Crippen molar-refractivity contribution in [3.8, 4) is 0 Å². The third-order valence-corrected chi connectivity index (χ3v) is 3.59. The zero-order valence-electron chi connectivity index (χ0n) is 12.2. The fourth-order valence-electron chi connectivity index (χ4n) is 2.55. The van der Waals surface area contributed by atoms with Crippen LogP contribution in [0.3, 0.4) is 0 Å². The molecule has 0 saturated heterocycles. The van der Waals surface area contributed by atoms with Gasteiger partial charge in [-0.15, -0.1) is 0 Å². The van der Waals surface area contributed by atoms with Crippen LogP contribution in [-0.4, -0.2) is 16.5 Å². The highest BCUT2D eigenvalue weighted by molar-refractivity contribution is 5.82. The Morgan fingerprint density at radius 2 is 1.86 bits per heavy atom. The van der Waals surface area contributed by atoms with Crippen molar-refractivity contribution in [2.75, 3.05) is 6.54 Å². The molecule has 0 fully saturated rings. The van der Waals surface area contributed by atoms with Crippen molar-refractivity contribution < 1.29 is 0 Å². The van der Waals surface area contributed by atoms with Gasteiger partial charge < -0.3 is 5.32 Å². The number of nitrogens with one attached hydrogen (secondary N) is 1. The molecule has 0 bridgehead atoms. The molecule has 0 aliphatic carbocycles. The Labute approximate surface area is 125 Å². The summed E-state index contributed by atoms with van der Waals surface area (Å²) in [5.74, 6) is 0. The molecular formula is C18H19N3. The fourth-order valence-corrected chi connectivity index (χ4v) is 2.55. The second-order valence-electron chi connectivity index (χ2n) is 5.22. The molecular weight excluding hydrogens is 258 g/mol. The van der Waals surface area contributed by atoms with Crippen LogP contribution in [0.15, 0.2) is 54.9 Å². The lowest BCUT2D eigenvalue weighted by atomic mass is 10.1. The van der Waals surface area contributed by atoms with Gasteiger partial charge in [-0.2, -0.15) is 0 Å². The topological polar surface area (TPSA) is 37.8 Å². The van der Waals surface area contributed by atoms with Gasteiger partial charge in [-0.05, 0) is 55.3 Å². The summed E-state index contributed by atoms with van der Waals surface area (Å²) in [5.41, 5.74) is 4.77. The van der Waals surface area contributed by atoms with Crippen molar-refractivity contribution >= 4 is 10.9 Å². The largest absolute Gasteiger partial charge is 0.312 e. The highest BCUT2D eigenvalue weighted by atomic mass is 14.8. The van der Waals surface area contributed by atoms with Crippen molar-refractivity contribution in [1.82, 2.24) is 15.3 Å². The Kier molecular flexibility index (Phi) is 4.22. The molecule has 0 radical (unpaired) electrons. The minimum Gasteiger partial charge on any atom is -0.312 e. The Morgan fingerprint density at radius 1 is 1.05 bits per heavy atom. The molecule has 3 nitrogen and oxygen atoms in total. The van der Waals surface area contributed by atoms with E-state index in [2.05, 4.69) is 51.7 Å². The van der Waals surface area contributed by atoms with Crippen LogP contribution in [0.2, 0.25) is 0 Å². The Hall–Kier alpha value is -2.26. The molecule has 2 heterocycles. The minimum atomic E-state index is 0.870. The van der Waals surface area contributed by atoms with E-state index in [0.29, 0.717) is 0 Å². The van der Waals surface area contributed by atoms with Crippen molar-refractivity contribution in [3.63, 3.8) is 0 Å². The lowest BCUT2D eigenvalue weighted by Crippen LogP contribution is -2.17. The van der Waals surface area contributed by atoms with Crippen LogP contribution >= 0.6 is 0 Å². The van der Waals surface area contributed by atoms with Crippen LogP contribution in [0, 0.1) is 6.92 Å². The minimum absolute atomic E-state index is 0.870. The fraction of sp³-hybridized carbons (Fsp3) is 0.222. The quantitative estimate of drug-likeness (QED) is 0.727. The van der Waals surface area contributed by atoms with Gasteiger partial charge >= 0.3 is 0 Å². The first kappa shape index (κ1) is 13.7. The Bertz CT molecular complexity index is 723. The van der Waals surface area contributed by atoms with E-state index in [0.717, 1.165) is 30.7 Å². The molecule has 0 saturated carbocycles. The maximum absolute atomic E-state index is 4.58. The third-order valence-electron chi connectivity index (χ3n) is 3.59. The van der Waals surface area contributed by atoms with Crippen LogP contribution in [0.1, 0.15) is 16.8 Å². The number of para-hydroxylation sites is 1. The van der Waals surface area contributed by atoms with Gasteiger partial charge in [0.1, 0.15) is 0 Å². The van der Waals surface area contributed by atoms with E-state index in [1.807, 2.05) is 25.4 Å². The van der Waals surface area contributed by atoms with Crippen molar-refractivity contribution in [2.24, 2.45) is 0 Å². The number of benzene rings is 1. The number of rotatable bonds is 5. The number of hydrogen-bond donors (Lipinski definition) is 1. The molecule has 0 unspecified atom stereocenters. The molecule has 0 atom stereocenters. The van der Waals surface area contributed by atoms with Crippen LogP contribution in [0.4, 0.5) is 0 Å². The van der Waals surface area contributed by atoms with Crippen LogP contribution in [0.5, 0.6) is 0 Å². The number of aromatic nitrogens is 2. The predicted octanol–water partition coefficient (Wildman–Crippen LogP) is 3.27. The zero-order chi connectivity index (χ0) is 14.5. The molecule has 106 valence electrons. The van der Waals surface area contributed by atoms with Gasteiger partial charge in [0.15, 0.2) is 0 Å². The van der Waals surface area contributed by atoms with Crippen molar-refractivity contribution in [3.05, 3.63) is 71.7 Å². The third kappa shape index (κ3) is 3.44. The zero-order valence-corrected chi connectivity index (χ0v) is 12.2. The highest BCUT2D eigenvalue weighted by Gasteiger charge is 2.03. The second kappa shape index (κ2) is 6.46. The number of nitrogens with zero attached hydrogens (tertiary/aromatic N) is 2. The van der Waals surface area contributed by atoms with E-state index < -0.39 is 0 Å². The average molecular weight is 277 g/mol. The van der Waals surface area contributed by atoms with E-state index in [1.165, 1.54) is 16.5 Å². The summed E-state index contributed by atoms with van der Waals surface area (Å²) in [6.45, 7) is 3.88. The van der Waals surface area contributed by atoms with Crippen LogP contribution < -0.4 is 5.32 Å². The monoisotopic (exact) mass is 277 g/mol. The van der Waals surface area contributed by atoms with Gasteiger partial charge in [0.05, 0.1) is 5.52 Å². The van der Waals surface area contributed by atoms with Gasteiger partial charge in [-0.3, -0.25) is 9.97 Å². The summed E-state index contributed by atoms with van der Waals surface area (Å²) < 4.78 is 0. The summed E-state index contributed by atoms with van der Waals surface area (Å²) in [6, 6.07) is 14.6. The number of pyridine rings is 2. The lowest BCUT2D eigenvalue weighted by molar-refractivity contribution is 0.688. The maximum atomic E-state index is 4.58. The molecule has 0 aliphatic rings. The van der Waals surface area contributed by atoms with Gasteiger partial charge in [0.2, 0.25) is 0 Å². The average Bonchev–Trinajstić information content (AvgIpc) is 2.52. The highest BCUT2D eigenvalue weighted by Crippen LogP contribution is 2.17. The summed E-state index contributed by atoms with van der Waals surface area (Å²) in [7, 11) is 0. The molecule has 3 rings (SSSR count). The molecule has 2 aromatic heterocycles. The van der Waals surface area contributed by atoms with Crippen LogP contribution in [0.25, 0.3) is 10.9 Å². The molecule has 0 aliphatic heterocycles. The lowest BCUT2D eigenvalue weighted by Gasteiger charge is -2.09. The molecule has 0 spiro atoms. The van der Waals surface area contributed by atoms with Gasteiger partial charge in [-0.1, -0.05) is 18.2 Å². The number of hydrogen-bond acceptors (Lipinski definition) is 3. The predicted molar refractivity (Wildman–Crippen MR) is 86.1 cm³/mol. The molecule has 3 aromatic rings. The van der Waals surface area contributed by atoms with E-state index >= 15 is 0 Å². The number of aryl methyl sites for hydroxylation is 1. The molecule has 21 heavy (non-hydrogen) atoms. The van der Waals surface area contributed by atoms with E-state index in [1.54, 1.807) is 0 Å². The first-order valence-electron chi connectivity index (χ1n) is 7.28. The van der Waals surface area contributed by atoms with Gasteiger partial charge in [0, 0.05) is 30.0 Å². The SMILES string of the molecule is Cc1cc(CNCCc2ccncc2)c2ccccc2n1. The van der Waals surface area contributed by atoms with E-state index in [4.69, 9.17) is 0 Å². The van der Waals surface area contributed by atoms with Crippen LogP contribution in [-0.2, 0) is 13.0 Å².